The fraction of sp³-hybridized carbons (Fsp3) is 0.500. The summed E-state index contributed by atoms with van der Waals surface area (Å²) in [5.74, 6) is 1.23. The molecule has 0 heterocycles. The molecule has 0 radical (unpaired) electrons. The number of amides is 1. The first-order chi connectivity index (χ1) is 8.65. The van der Waals surface area contributed by atoms with Crippen molar-refractivity contribution in [3.8, 4) is 5.75 Å². The highest BCUT2D eigenvalue weighted by Crippen LogP contribution is 2.35. The summed E-state index contributed by atoms with van der Waals surface area (Å²) in [6.45, 7) is 2.18. The van der Waals surface area contributed by atoms with Gasteiger partial charge >= 0.3 is 0 Å². The van der Waals surface area contributed by atoms with Crippen LogP contribution in [-0.2, 0) is 0 Å². The SMILES string of the molecule is CCCC1CC1NC(=O)c1ccc(Br)cc1OC. The molecule has 1 fully saturated rings. The van der Waals surface area contributed by atoms with Crippen LogP contribution < -0.4 is 10.1 Å². The molecule has 2 rings (SSSR count). The summed E-state index contributed by atoms with van der Waals surface area (Å²) in [7, 11) is 1.58. The van der Waals surface area contributed by atoms with Crippen molar-refractivity contribution >= 4 is 21.8 Å². The Labute approximate surface area is 116 Å². The van der Waals surface area contributed by atoms with E-state index < -0.39 is 0 Å². The lowest BCUT2D eigenvalue weighted by Gasteiger charge is -2.09. The second kappa shape index (κ2) is 5.74. The van der Waals surface area contributed by atoms with Crippen molar-refractivity contribution in [1.29, 1.82) is 0 Å². The number of ether oxygens (including phenoxy) is 1. The Kier molecular flexibility index (Phi) is 4.27. The van der Waals surface area contributed by atoms with Gasteiger partial charge in [-0.15, -0.1) is 0 Å². The Balaban J connectivity index is 2.01. The molecule has 0 aromatic heterocycles. The second-order valence-electron chi connectivity index (χ2n) is 4.71. The molecule has 0 aliphatic heterocycles. The first kappa shape index (κ1) is 13.4. The fourth-order valence-electron chi connectivity index (χ4n) is 2.21. The lowest BCUT2D eigenvalue weighted by atomic mass is 10.2. The van der Waals surface area contributed by atoms with E-state index in [1.54, 1.807) is 13.2 Å². The van der Waals surface area contributed by atoms with Crippen molar-refractivity contribution in [2.75, 3.05) is 7.11 Å². The van der Waals surface area contributed by atoms with Crippen LogP contribution in [0.1, 0.15) is 36.5 Å². The summed E-state index contributed by atoms with van der Waals surface area (Å²) in [6, 6.07) is 5.81. The van der Waals surface area contributed by atoms with Gasteiger partial charge in [-0.05, 0) is 37.0 Å². The number of nitrogens with one attached hydrogen (secondary N) is 1. The number of hydrogen-bond donors (Lipinski definition) is 1. The monoisotopic (exact) mass is 311 g/mol. The van der Waals surface area contributed by atoms with Crippen LogP contribution in [0.4, 0.5) is 0 Å². The predicted molar refractivity (Wildman–Crippen MR) is 75.0 cm³/mol. The molecule has 1 aromatic carbocycles. The van der Waals surface area contributed by atoms with E-state index >= 15 is 0 Å². The van der Waals surface area contributed by atoms with Gasteiger partial charge < -0.3 is 10.1 Å². The minimum Gasteiger partial charge on any atom is -0.496 e. The molecule has 1 N–H and O–H groups in total. The van der Waals surface area contributed by atoms with E-state index in [0.29, 0.717) is 23.3 Å². The molecule has 0 spiro atoms. The van der Waals surface area contributed by atoms with Crippen LogP contribution in [0.25, 0.3) is 0 Å². The maximum absolute atomic E-state index is 12.1. The summed E-state index contributed by atoms with van der Waals surface area (Å²) >= 11 is 3.37. The number of carbonyl (C=O) groups is 1. The van der Waals surface area contributed by atoms with Crippen LogP contribution in [0.2, 0.25) is 0 Å². The van der Waals surface area contributed by atoms with Crippen molar-refractivity contribution < 1.29 is 9.53 Å². The van der Waals surface area contributed by atoms with Crippen molar-refractivity contribution in [1.82, 2.24) is 5.32 Å². The molecular weight excluding hydrogens is 294 g/mol. The lowest BCUT2D eigenvalue weighted by molar-refractivity contribution is 0.0946. The third kappa shape index (κ3) is 3.05. The molecule has 98 valence electrons. The number of benzene rings is 1. The van der Waals surface area contributed by atoms with Crippen molar-refractivity contribution in [2.24, 2.45) is 5.92 Å². The lowest BCUT2D eigenvalue weighted by Crippen LogP contribution is -2.27. The van der Waals surface area contributed by atoms with Crippen LogP contribution >= 0.6 is 15.9 Å². The first-order valence-corrected chi connectivity index (χ1v) is 7.09. The highest BCUT2D eigenvalue weighted by atomic mass is 79.9. The number of methoxy groups -OCH3 is 1. The van der Waals surface area contributed by atoms with Crippen molar-refractivity contribution in [3.05, 3.63) is 28.2 Å². The van der Waals surface area contributed by atoms with E-state index in [0.717, 1.165) is 10.9 Å². The third-order valence-electron chi connectivity index (χ3n) is 3.31. The summed E-state index contributed by atoms with van der Waals surface area (Å²) in [4.78, 5) is 12.1. The maximum Gasteiger partial charge on any atom is 0.255 e. The van der Waals surface area contributed by atoms with Crippen LogP contribution in [0.5, 0.6) is 5.75 Å². The molecule has 1 amide bonds. The number of carbonyl (C=O) groups excluding carboxylic acids is 1. The van der Waals surface area contributed by atoms with Gasteiger partial charge in [-0.2, -0.15) is 0 Å². The molecule has 3 nitrogen and oxygen atoms in total. The predicted octanol–water partition coefficient (Wildman–Crippen LogP) is 3.38. The van der Waals surface area contributed by atoms with Crippen molar-refractivity contribution in [3.63, 3.8) is 0 Å². The molecule has 1 aliphatic rings. The summed E-state index contributed by atoms with van der Waals surface area (Å²) in [5.41, 5.74) is 0.600. The highest BCUT2D eigenvalue weighted by molar-refractivity contribution is 9.10. The van der Waals surface area contributed by atoms with Gasteiger partial charge in [0.05, 0.1) is 12.7 Å². The van der Waals surface area contributed by atoms with Crippen LogP contribution in [0, 0.1) is 5.92 Å². The topological polar surface area (TPSA) is 38.3 Å². The molecule has 4 heteroatoms. The van der Waals surface area contributed by atoms with Crippen LogP contribution in [0.3, 0.4) is 0 Å². The molecule has 2 unspecified atom stereocenters. The number of hydrogen-bond acceptors (Lipinski definition) is 2. The van der Waals surface area contributed by atoms with Crippen LogP contribution in [-0.4, -0.2) is 19.1 Å². The zero-order valence-electron chi connectivity index (χ0n) is 10.7. The van der Waals surface area contributed by atoms with Crippen LogP contribution in [0.15, 0.2) is 22.7 Å². The van der Waals surface area contributed by atoms with Gasteiger partial charge in [0.2, 0.25) is 0 Å². The molecular formula is C14H18BrNO2. The average molecular weight is 312 g/mol. The van der Waals surface area contributed by atoms with E-state index in [2.05, 4.69) is 28.2 Å². The second-order valence-corrected chi connectivity index (χ2v) is 5.62. The Bertz CT molecular complexity index is 447. The number of halogens is 1. The third-order valence-corrected chi connectivity index (χ3v) is 3.80. The van der Waals surface area contributed by atoms with E-state index in [9.17, 15) is 4.79 Å². The smallest absolute Gasteiger partial charge is 0.255 e. The molecule has 0 saturated heterocycles. The van der Waals surface area contributed by atoms with Gasteiger partial charge in [0.1, 0.15) is 5.75 Å². The maximum atomic E-state index is 12.1. The fourth-order valence-corrected chi connectivity index (χ4v) is 2.55. The van der Waals surface area contributed by atoms with Gasteiger partial charge in [-0.1, -0.05) is 29.3 Å². The molecule has 0 bridgehead atoms. The Morgan fingerprint density at radius 1 is 1.56 bits per heavy atom. The Morgan fingerprint density at radius 3 is 3.00 bits per heavy atom. The summed E-state index contributed by atoms with van der Waals surface area (Å²) in [6.07, 6.45) is 3.49. The van der Waals surface area contributed by atoms with E-state index in [4.69, 9.17) is 4.74 Å². The molecule has 1 aromatic rings. The summed E-state index contributed by atoms with van der Waals surface area (Å²) < 4.78 is 6.14. The Hall–Kier alpha value is -1.03. The largest absolute Gasteiger partial charge is 0.496 e. The van der Waals surface area contributed by atoms with Gasteiger partial charge in [-0.3, -0.25) is 4.79 Å². The highest BCUT2D eigenvalue weighted by Gasteiger charge is 2.37. The number of rotatable bonds is 5. The average Bonchev–Trinajstić information content (AvgIpc) is 3.07. The first-order valence-electron chi connectivity index (χ1n) is 6.30. The van der Waals surface area contributed by atoms with E-state index in [1.807, 2.05) is 12.1 Å². The van der Waals surface area contributed by atoms with Gasteiger partial charge in [0.15, 0.2) is 0 Å². The van der Waals surface area contributed by atoms with Gasteiger partial charge in [0, 0.05) is 10.5 Å². The van der Waals surface area contributed by atoms with E-state index in [1.165, 1.54) is 12.8 Å². The van der Waals surface area contributed by atoms with Gasteiger partial charge in [-0.25, -0.2) is 0 Å². The van der Waals surface area contributed by atoms with Crippen molar-refractivity contribution in [2.45, 2.75) is 32.2 Å². The summed E-state index contributed by atoms with van der Waals surface area (Å²) in [5, 5.41) is 3.06. The molecule has 1 saturated carbocycles. The standard InChI is InChI=1S/C14H18BrNO2/c1-3-4-9-7-12(9)16-14(17)11-6-5-10(15)8-13(11)18-2/h5-6,8-9,12H,3-4,7H2,1-2H3,(H,16,17). The normalized spacial score (nSPS) is 21.5. The molecule has 18 heavy (non-hydrogen) atoms. The minimum absolute atomic E-state index is 0.0389. The minimum atomic E-state index is -0.0389. The zero-order chi connectivity index (χ0) is 13.1. The molecule has 2 atom stereocenters. The van der Waals surface area contributed by atoms with Gasteiger partial charge in [0.25, 0.3) is 5.91 Å². The molecule has 1 aliphatic carbocycles. The zero-order valence-corrected chi connectivity index (χ0v) is 12.3. The van der Waals surface area contributed by atoms with E-state index in [-0.39, 0.29) is 5.91 Å². The quantitative estimate of drug-likeness (QED) is 0.905. The Morgan fingerprint density at radius 2 is 2.33 bits per heavy atom.